The third-order valence-electron chi connectivity index (χ3n) is 2.25. The maximum Gasteiger partial charge on any atom is 0.358 e. The first-order chi connectivity index (χ1) is 7.19. The van der Waals surface area contributed by atoms with Crippen molar-refractivity contribution < 1.29 is 24.2 Å². The minimum Gasteiger partial charge on any atom is -0.515 e. The van der Waals surface area contributed by atoms with Crippen LogP contribution in [0.3, 0.4) is 0 Å². The first-order valence-electron chi connectivity index (χ1n) is 4.31. The van der Waals surface area contributed by atoms with E-state index in [1.807, 2.05) is 0 Å². The van der Waals surface area contributed by atoms with E-state index in [0.717, 1.165) is 6.26 Å². The highest BCUT2D eigenvalue weighted by molar-refractivity contribution is 5.98. The maximum atomic E-state index is 11.4. The number of rotatable bonds is 2. The number of carbonyl (C=O) groups excluding carboxylic acids is 2. The Morgan fingerprint density at radius 2 is 2.47 bits per heavy atom. The second-order valence-electron chi connectivity index (χ2n) is 3.06. The van der Waals surface area contributed by atoms with Crippen LogP contribution >= 0.6 is 0 Å². The molecule has 0 aliphatic carbocycles. The van der Waals surface area contributed by atoms with Crippen molar-refractivity contribution in [2.75, 3.05) is 7.11 Å². The standard InChI is InChI=1S/C9H9NO5/c1-14-9(13)8-5(2-3-11)15-7-4-6(12)10(7)8/h2-3,7,11H,4H2,1H3/t7-/m1/s1. The topological polar surface area (TPSA) is 76.1 Å². The van der Waals surface area contributed by atoms with Crippen molar-refractivity contribution in [3.63, 3.8) is 0 Å². The summed E-state index contributed by atoms with van der Waals surface area (Å²) < 4.78 is 9.77. The molecule has 1 saturated heterocycles. The highest BCUT2D eigenvalue weighted by Gasteiger charge is 2.49. The fraction of sp³-hybridized carbons (Fsp3) is 0.333. The van der Waals surface area contributed by atoms with Crippen LogP contribution in [0.4, 0.5) is 0 Å². The van der Waals surface area contributed by atoms with Gasteiger partial charge in [0.15, 0.2) is 17.7 Å². The summed E-state index contributed by atoms with van der Waals surface area (Å²) in [7, 11) is 1.22. The Labute approximate surface area is 85.4 Å². The number of allylic oxidation sites excluding steroid dienone is 1. The van der Waals surface area contributed by atoms with Gasteiger partial charge in [-0.2, -0.15) is 0 Å². The van der Waals surface area contributed by atoms with Crippen molar-refractivity contribution in [2.24, 2.45) is 0 Å². The van der Waals surface area contributed by atoms with Gasteiger partial charge in [-0.25, -0.2) is 4.79 Å². The van der Waals surface area contributed by atoms with Crippen LogP contribution < -0.4 is 0 Å². The van der Waals surface area contributed by atoms with Gasteiger partial charge in [-0.3, -0.25) is 9.69 Å². The van der Waals surface area contributed by atoms with E-state index in [-0.39, 0.29) is 23.8 Å². The van der Waals surface area contributed by atoms with Crippen molar-refractivity contribution in [2.45, 2.75) is 12.6 Å². The summed E-state index contributed by atoms with van der Waals surface area (Å²) in [6, 6.07) is 0. The van der Waals surface area contributed by atoms with Gasteiger partial charge in [-0.05, 0) is 0 Å². The van der Waals surface area contributed by atoms with Crippen molar-refractivity contribution in [1.29, 1.82) is 0 Å². The van der Waals surface area contributed by atoms with Crippen LogP contribution in [-0.4, -0.2) is 35.2 Å². The predicted octanol–water partition coefficient (Wildman–Crippen LogP) is 0.0313. The van der Waals surface area contributed by atoms with Crippen LogP contribution in [0.15, 0.2) is 23.8 Å². The minimum absolute atomic E-state index is 0.0454. The summed E-state index contributed by atoms with van der Waals surface area (Å²) in [4.78, 5) is 23.8. The molecule has 0 radical (unpaired) electrons. The number of hydrogen-bond acceptors (Lipinski definition) is 5. The van der Waals surface area contributed by atoms with E-state index in [1.165, 1.54) is 18.1 Å². The monoisotopic (exact) mass is 211 g/mol. The number of fused-ring (bicyclic) bond motifs is 1. The molecule has 80 valence electrons. The maximum absolute atomic E-state index is 11.4. The van der Waals surface area contributed by atoms with E-state index in [1.54, 1.807) is 0 Å². The zero-order chi connectivity index (χ0) is 11.0. The van der Waals surface area contributed by atoms with Gasteiger partial charge < -0.3 is 14.6 Å². The number of ether oxygens (including phenoxy) is 2. The van der Waals surface area contributed by atoms with Gasteiger partial charge in [-0.15, -0.1) is 0 Å². The van der Waals surface area contributed by atoms with Crippen molar-refractivity contribution in [1.82, 2.24) is 4.90 Å². The van der Waals surface area contributed by atoms with Crippen LogP contribution in [0, 0.1) is 0 Å². The van der Waals surface area contributed by atoms with E-state index in [9.17, 15) is 9.59 Å². The molecular formula is C9H9NO5. The van der Waals surface area contributed by atoms with Crippen molar-refractivity contribution in [3.8, 4) is 0 Å². The van der Waals surface area contributed by atoms with Gasteiger partial charge in [0.05, 0.1) is 19.8 Å². The third-order valence-corrected chi connectivity index (χ3v) is 2.25. The zero-order valence-electron chi connectivity index (χ0n) is 7.97. The third kappa shape index (κ3) is 1.25. The van der Waals surface area contributed by atoms with Gasteiger partial charge in [0.25, 0.3) is 0 Å². The van der Waals surface area contributed by atoms with E-state index < -0.39 is 12.2 Å². The van der Waals surface area contributed by atoms with Gasteiger partial charge in [0.1, 0.15) is 0 Å². The lowest BCUT2D eigenvalue weighted by molar-refractivity contribution is -0.158. The van der Waals surface area contributed by atoms with Crippen LogP contribution in [0.25, 0.3) is 0 Å². The SMILES string of the molecule is COC(=O)C1=C(C=CO)O[C@@H]2CC(=O)N12. The predicted molar refractivity (Wildman–Crippen MR) is 47.1 cm³/mol. The quantitative estimate of drug-likeness (QED) is 0.396. The molecule has 0 bridgehead atoms. The number of amides is 1. The lowest BCUT2D eigenvalue weighted by Gasteiger charge is -2.32. The highest BCUT2D eigenvalue weighted by atomic mass is 16.5. The Balaban J connectivity index is 2.35. The molecule has 1 fully saturated rings. The molecule has 0 aromatic heterocycles. The van der Waals surface area contributed by atoms with Gasteiger partial charge in [0, 0.05) is 6.08 Å². The highest BCUT2D eigenvalue weighted by Crippen LogP contribution is 2.36. The smallest absolute Gasteiger partial charge is 0.358 e. The second kappa shape index (κ2) is 3.30. The Hall–Kier alpha value is -1.98. The van der Waals surface area contributed by atoms with E-state index in [0.29, 0.717) is 0 Å². The fourth-order valence-corrected chi connectivity index (χ4v) is 1.55. The van der Waals surface area contributed by atoms with E-state index >= 15 is 0 Å². The molecule has 0 aromatic rings. The van der Waals surface area contributed by atoms with Gasteiger partial charge in [-0.1, -0.05) is 0 Å². The molecule has 1 amide bonds. The Morgan fingerprint density at radius 3 is 3.00 bits per heavy atom. The molecule has 2 heterocycles. The zero-order valence-corrected chi connectivity index (χ0v) is 7.97. The van der Waals surface area contributed by atoms with Gasteiger partial charge >= 0.3 is 5.97 Å². The van der Waals surface area contributed by atoms with Gasteiger partial charge in [0.2, 0.25) is 5.91 Å². The molecule has 2 aliphatic rings. The molecule has 6 nitrogen and oxygen atoms in total. The summed E-state index contributed by atoms with van der Waals surface area (Å²) >= 11 is 0. The molecule has 1 atom stereocenters. The molecule has 6 heteroatoms. The summed E-state index contributed by atoms with van der Waals surface area (Å²) in [6.45, 7) is 0. The van der Waals surface area contributed by atoms with Crippen LogP contribution in [0.2, 0.25) is 0 Å². The molecular weight excluding hydrogens is 202 g/mol. The molecule has 0 unspecified atom stereocenters. The normalized spacial score (nSPS) is 23.9. The fourth-order valence-electron chi connectivity index (χ4n) is 1.55. The summed E-state index contributed by atoms with van der Waals surface area (Å²) in [6.07, 6.45) is 1.76. The largest absolute Gasteiger partial charge is 0.515 e. The van der Waals surface area contributed by atoms with E-state index in [2.05, 4.69) is 4.74 Å². The lowest BCUT2D eigenvalue weighted by atomic mass is 10.1. The Kier molecular flexibility index (Phi) is 2.11. The molecule has 0 aromatic carbocycles. The number of aliphatic hydroxyl groups excluding tert-OH is 1. The minimum atomic E-state index is -0.654. The number of β-lactam (4-membered cyclic amide) rings is 1. The molecule has 0 spiro atoms. The number of hydrogen-bond donors (Lipinski definition) is 1. The van der Waals surface area contributed by atoms with Crippen molar-refractivity contribution >= 4 is 11.9 Å². The average molecular weight is 211 g/mol. The molecule has 2 aliphatic heterocycles. The lowest BCUT2D eigenvalue weighted by Crippen LogP contribution is -2.50. The van der Waals surface area contributed by atoms with Crippen LogP contribution in [0.1, 0.15) is 6.42 Å². The summed E-state index contributed by atoms with van der Waals surface area (Å²) in [5.41, 5.74) is 0.0454. The van der Waals surface area contributed by atoms with E-state index in [4.69, 9.17) is 9.84 Å². The average Bonchev–Trinajstić information content (AvgIpc) is 2.50. The number of methoxy groups -OCH3 is 1. The molecule has 15 heavy (non-hydrogen) atoms. The van der Waals surface area contributed by atoms with Crippen LogP contribution in [0.5, 0.6) is 0 Å². The Bertz CT molecular complexity index is 384. The molecule has 1 N–H and O–H groups in total. The number of esters is 1. The van der Waals surface area contributed by atoms with Crippen LogP contribution in [-0.2, 0) is 19.1 Å². The first kappa shape index (κ1) is 9.57. The summed E-state index contributed by atoms with van der Waals surface area (Å²) in [5.74, 6) is -0.694. The number of carbonyl (C=O) groups is 2. The second-order valence-corrected chi connectivity index (χ2v) is 3.06. The molecule has 2 rings (SSSR count). The van der Waals surface area contributed by atoms with Crippen molar-refractivity contribution in [3.05, 3.63) is 23.8 Å². The summed E-state index contributed by atoms with van der Waals surface area (Å²) in [5, 5.41) is 8.61. The number of aliphatic hydroxyl groups is 1. The Morgan fingerprint density at radius 1 is 1.73 bits per heavy atom. The number of nitrogens with zero attached hydrogens (tertiary/aromatic N) is 1. The molecule has 0 saturated carbocycles. The first-order valence-corrected chi connectivity index (χ1v) is 4.31.